The molecule has 0 radical (unpaired) electrons. The summed E-state index contributed by atoms with van der Waals surface area (Å²) >= 11 is 0. The van der Waals surface area contributed by atoms with Gasteiger partial charge >= 0.3 is 0 Å². The van der Waals surface area contributed by atoms with Gasteiger partial charge in [0.1, 0.15) is 48.8 Å². The highest BCUT2D eigenvalue weighted by atomic mass is 16.7. The summed E-state index contributed by atoms with van der Waals surface area (Å²) in [6.45, 7) is 2.77. The third-order valence-corrected chi connectivity index (χ3v) is 15.1. The Bertz CT molecular complexity index is 1400. The molecule has 0 aromatic carbocycles. The Hall–Kier alpha value is -1.79. The second-order valence-corrected chi connectivity index (χ2v) is 21.8. The van der Waals surface area contributed by atoms with E-state index in [0.717, 1.165) is 77.0 Å². The van der Waals surface area contributed by atoms with Gasteiger partial charge in [-0.15, -0.1) is 0 Å². The lowest BCUT2D eigenvalue weighted by molar-refractivity contribution is -0.359. The molecule has 0 aromatic heterocycles. The number of carbonyl (C=O) groups is 1. The Labute approximate surface area is 455 Å². The van der Waals surface area contributed by atoms with E-state index in [-0.39, 0.29) is 12.5 Å². The average Bonchev–Trinajstić information content (AvgIpc) is 3.41. The maximum absolute atomic E-state index is 13.3. The second kappa shape index (κ2) is 47.1. The first-order valence-electron chi connectivity index (χ1n) is 30.7. The predicted octanol–water partition coefficient (Wildman–Crippen LogP) is 10.6. The highest BCUT2D eigenvalue weighted by Crippen LogP contribution is 2.30. The molecule has 0 bridgehead atoms. The van der Waals surface area contributed by atoms with Gasteiger partial charge in [0.25, 0.3) is 0 Å². The van der Waals surface area contributed by atoms with Crippen molar-refractivity contribution in [1.29, 1.82) is 0 Å². The molecule has 12 unspecified atom stereocenters. The molecule has 1 amide bonds. The van der Waals surface area contributed by atoms with E-state index in [4.69, 9.17) is 18.9 Å². The van der Waals surface area contributed by atoms with Crippen LogP contribution in [0.1, 0.15) is 251 Å². The standard InChI is InChI=1S/C61H113NO13/c1-3-5-7-9-11-13-15-17-19-21-22-23-24-25-26-27-29-30-32-34-36-38-40-42-44-50(65)49(62-53(66)45-43-41-39-37-35-33-31-28-20-18-16-14-12-10-8-6-4-2)48-72-60-58(71)56(69)59(52(47-64)74-60)75-61-57(70)55(68)54(67)51(46-63)73-61/h6,8,12,14,18,20,49-52,54-61,63-65,67-71H,3-5,7,9-11,13,15-17,19,21-48H2,1-2H3,(H,62,66)/b8-6-,14-12-,20-18-. The topological polar surface area (TPSA) is 228 Å². The van der Waals surface area contributed by atoms with Crippen LogP contribution < -0.4 is 5.32 Å². The summed E-state index contributed by atoms with van der Waals surface area (Å²) < 4.78 is 22.8. The Kier molecular flexibility index (Phi) is 43.5. The fourth-order valence-electron chi connectivity index (χ4n) is 10.2. The summed E-state index contributed by atoms with van der Waals surface area (Å²) in [4.78, 5) is 13.3. The quantitative estimate of drug-likeness (QED) is 0.0204. The van der Waals surface area contributed by atoms with Crippen molar-refractivity contribution in [2.24, 2.45) is 0 Å². The van der Waals surface area contributed by atoms with Crippen LogP contribution in [0.4, 0.5) is 0 Å². The number of hydrogen-bond acceptors (Lipinski definition) is 13. The van der Waals surface area contributed by atoms with E-state index < -0.39 is 86.8 Å². The van der Waals surface area contributed by atoms with Crippen molar-refractivity contribution in [2.75, 3.05) is 19.8 Å². The molecule has 14 heteroatoms. The molecule has 0 saturated carbocycles. The smallest absolute Gasteiger partial charge is 0.220 e. The van der Waals surface area contributed by atoms with Gasteiger partial charge in [-0.2, -0.15) is 0 Å². The van der Waals surface area contributed by atoms with Crippen molar-refractivity contribution in [3.05, 3.63) is 36.5 Å². The zero-order valence-corrected chi connectivity index (χ0v) is 47.3. The summed E-state index contributed by atoms with van der Waals surface area (Å²) in [6.07, 6.45) is 40.0. The van der Waals surface area contributed by atoms with Crippen molar-refractivity contribution < 1.29 is 64.6 Å². The molecule has 2 saturated heterocycles. The van der Waals surface area contributed by atoms with Gasteiger partial charge in [0.2, 0.25) is 5.91 Å². The number of ether oxygens (including phenoxy) is 4. The fraction of sp³-hybridized carbons (Fsp3) is 0.885. The normalized spacial score (nSPS) is 25.3. The highest BCUT2D eigenvalue weighted by molar-refractivity contribution is 5.76. The van der Waals surface area contributed by atoms with E-state index in [1.54, 1.807) is 0 Å². The predicted molar refractivity (Wildman–Crippen MR) is 300 cm³/mol. The molecule has 2 rings (SSSR count). The van der Waals surface area contributed by atoms with Gasteiger partial charge in [-0.3, -0.25) is 4.79 Å². The molecule has 9 N–H and O–H groups in total. The first-order valence-corrected chi connectivity index (χ1v) is 30.7. The Morgan fingerprint density at radius 1 is 0.493 bits per heavy atom. The average molecular weight is 1070 g/mol. The molecule has 2 heterocycles. The number of allylic oxidation sites excluding steroid dienone is 6. The zero-order valence-electron chi connectivity index (χ0n) is 47.3. The maximum atomic E-state index is 13.3. The number of aliphatic hydroxyl groups excluding tert-OH is 8. The molecule has 12 atom stereocenters. The monoisotopic (exact) mass is 1070 g/mol. The number of amides is 1. The summed E-state index contributed by atoms with van der Waals surface area (Å²) in [5.41, 5.74) is 0. The van der Waals surface area contributed by atoms with Crippen LogP contribution in [0.5, 0.6) is 0 Å². The molecular weight excluding hydrogens is 955 g/mol. The van der Waals surface area contributed by atoms with E-state index in [1.165, 1.54) is 141 Å². The second-order valence-electron chi connectivity index (χ2n) is 21.8. The van der Waals surface area contributed by atoms with Crippen molar-refractivity contribution in [3.8, 4) is 0 Å². The molecular formula is C61H113NO13. The third kappa shape index (κ3) is 32.8. The highest BCUT2D eigenvalue weighted by Gasteiger charge is 2.51. The molecule has 75 heavy (non-hydrogen) atoms. The molecule has 2 fully saturated rings. The minimum Gasteiger partial charge on any atom is -0.394 e. The van der Waals surface area contributed by atoms with Crippen LogP contribution in [-0.4, -0.2) is 140 Å². The third-order valence-electron chi connectivity index (χ3n) is 15.1. The zero-order chi connectivity index (χ0) is 54.6. The van der Waals surface area contributed by atoms with E-state index in [0.29, 0.717) is 19.3 Å². The lowest BCUT2D eigenvalue weighted by Gasteiger charge is -2.46. The minimum absolute atomic E-state index is 0.215. The molecule has 0 aromatic rings. The molecule has 2 aliphatic rings. The van der Waals surface area contributed by atoms with Gasteiger partial charge in [0.05, 0.1) is 32.0 Å². The van der Waals surface area contributed by atoms with Crippen molar-refractivity contribution in [3.63, 3.8) is 0 Å². The van der Waals surface area contributed by atoms with Crippen molar-refractivity contribution >= 4 is 5.91 Å². The van der Waals surface area contributed by atoms with E-state index in [2.05, 4.69) is 55.6 Å². The molecule has 0 spiro atoms. The number of aliphatic hydroxyl groups is 8. The lowest BCUT2D eigenvalue weighted by Crippen LogP contribution is -2.65. The number of nitrogens with one attached hydrogen (secondary N) is 1. The van der Waals surface area contributed by atoms with Gasteiger partial charge in [-0.05, 0) is 44.9 Å². The van der Waals surface area contributed by atoms with E-state index in [1.807, 2.05) is 0 Å². The first-order chi connectivity index (χ1) is 36.6. The Morgan fingerprint density at radius 3 is 1.41 bits per heavy atom. The van der Waals surface area contributed by atoms with Crippen LogP contribution in [0.15, 0.2) is 36.5 Å². The molecule has 0 aliphatic carbocycles. The van der Waals surface area contributed by atoms with Gasteiger partial charge in [-0.1, -0.05) is 237 Å². The maximum Gasteiger partial charge on any atom is 0.220 e. The summed E-state index contributed by atoms with van der Waals surface area (Å²) in [6, 6.07) is -0.835. The van der Waals surface area contributed by atoms with E-state index in [9.17, 15) is 45.6 Å². The van der Waals surface area contributed by atoms with Crippen LogP contribution >= 0.6 is 0 Å². The van der Waals surface area contributed by atoms with Crippen molar-refractivity contribution in [2.45, 2.75) is 325 Å². The lowest BCUT2D eigenvalue weighted by atomic mass is 9.97. The minimum atomic E-state index is -1.78. The molecule has 2 aliphatic heterocycles. The number of rotatable bonds is 49. The fourth-order valence-corrected chi connectivity index (χ4v) is 10.2. The number of hydrogen-bond donors (Lipinski definition) is 9. The SMILES string of the molecule is CC/C=C\C/C=C\C/C=C\CCCCCCCCCC(=O)NC(COC1OC(CO)C(OC2OC(CO)C(O)C(O)C2O)C(O)C1O)C(O)CCCCCCCCCCCCCCCCCCCCCCCCCC. The van der Waals surface area contributed by atoms with Crippen LogP contribution in [0.3, 0.4) is 0 Å². The number of carbonyl (C=O) groups excluding carboxylic acids is 1. The van der Waals surface area contributed by atoms with Gasteiger partial charge in [0, 0.05) is 6.42 Å². The summed E-state index contributed by atoms with van der Waals surface area (Å²) in [5, 5.41) is 87.3. The summed E-state index contributed by atoms with van der Waals surface area (Å²) in [7, 11) is 0. The Balaban J connectivity index is 1.73. The Morgan fingerprint density at radius 2 is 0.920 bits per heavy atom. The molecule has 14 nitrogen and oxygen atoms in total. The van der Waals surface area contributed by atoms with Crippen LogP contribution in [0.2, 0.25) is 0 Å². The summed E-state index contributed by atoms with van der Waals surface area (Å²) in [5.74, 6) is -0.215. The van der Waals surface area contributed by atoms with Gasteiger partial charge < -0.3 is 65.1 Å². The van der Waals surface area contributed by atoms with Gasteiger partial charge in [-0.25, -0.2) is 0 Å². The number of unbranched alkanes of at least 4 members (excludes halogenated alkanes) is 30. The largest absolute Gasteiger partial charge is 0.394 e. The van der Waals surface area contributed by atoms with Crippen LogP contribution in [0, 0.1) is 0 Å². The van der Waals surface area contributed by atoms with Crippen molar-refractivity contribution in [1.82, 2.24) is 5.32 Å². The first kappa shape index (κ1) is 69.3. The van der Waals surface area contributed by atoms with Crippen LogP contribution in [-0.2, 0) is 23.7 Å². The van der Waals surface area contributed by atoms with Gasteiger partial charge in [0.15, 0.2) is 12.6 Å². The van der Waals surface area contributed by atoms with Crippen LogP contribution in [0.25, 0.3) is 0 Å². The molecule has 440 valence electrons. The van der Waals surface area contributed by atoms with E-state index >= 15 is 0 Å².